The van der Waals surface area contributed by atoms with Gasteiger partial charge in [-0.05, 0) is 36.6 Å². The van der Waals surface area contributed by atoms with Crippen molar-refractivity contribution in [3.8, 4) is 11.5 Å². The summed E-state index contributed by atoms with van der Waals surface area (Å²) in [5, 5.41) is 5.74. The molecule has 1 unspecified atom stereocenters. The van der Waals surface area contributed by atoms with Crippen LogP contribution in [-0.2, 0) is 16.0 Å². The van der Waals surface area contributed by atoms with Gasteiger partial charge < -0.3 is 20.1 Å². The fourth-order valence-electron chi connectivity index (χ4n) is 3.13. The Kier molecular flexibility index (Phi) is 6.30. The predicted octanol–water partition coefficient (Wildman–Crippen LogP) is 2.78. The lowest BCUT2D eigenvalue weighted by Gasteiger charge is -2.24. The molecule has 0 saturated heterocycles. The molecule has 2 aromatic rings. The molecule has 0 aromatic heterocycles. The van der Waals surface area contributed by atoms with Gasteiger partial charge in [0.1, 0.15) is 6.61 Å². The number of methoxy groups -OCH3 is 1. The topological polar surface area (TPSA) is 76.7 Å². The standard InChI is InChI=1S/C21H24N2O4/c1-26-18-8-4-5-9-19(18)27-13-12-22-20(24)11-10-16-14-15-6-2-3-7-17(15)23-21(16)25/h2-9,16H,10-14H2,1H3,(H,22,24)(H,23,25). The number of para-hydroxylation sites is 3. The largest absolute Gasteiger partial charge is 0.493 e. The van der Waals surface area contributed by atoms with Gasteiger partial charge >= 0.3 is 0 Å². The van der Waals surface area contributed by atoms with E-state index < -0.39 is 0 Å². The number of rotatable bonds is 8. The Morgan fingerprint density at radius 2 is 1.89 bits per heavy atom. The quantitative estimate of drug-likeness (QED) is 0.703. The average molecular weight is 368 g/mol. The van der Waals surface area contributed by atoms with Crippen LogP contribution in [0.2, 0.25) is 0 Å². The van der Waals surface area contributed by atoms with Crippen molar-refractivity contribution in [1.29, 1.82) is 0 Å². The molecule has 3 rings (SSSR count). The molecule has 2 amide bonds. The van der Waals surface area contributed by atoms with Crippen LogP contribution in [0.15, 0.2) is 48.5 Å². The zero-order valence-electron chi connectivity index (χ0n) is 15.4. The second-order valence-corrected chi connectivity index (χ2v) is 6.44. The van der Waals surface area contributed by atoms with E-state index in [9.17, 15) is 9.59 Å². The fraction of sp³-hybridized carbons (Fsp3) is 0.333. The van der Waals surface area contributed by atoms with Gasteiger partial charge in [-0.15, -0.1) is 0 Å². The number of carbonyl (C=O) groups is 2. The Morgan fingerprint density at radius 3 is 2.70 bits per heavy atom. The Bertz CT molecular complexity index is 806. The van der Waals surface area contributed by atoms with E-state index in [4.69, 9.17) is 9.47 Å². The van der Waals surface area contributed by atoms with Crippen molar-refractivity contribution >= 4 is 17.5 Å². The SMILES string of the molecule is COc1ccccc1OCCNC(=O)CCC1Cc2ccccc2NC1=O. The van der Waals surface area contributed by atoms with Gasteiger partial charge in [0.25, 0.3) is 0 Å². The summed E-state index contributed by atoms with van der Waals surface area (Å²) < 4.78 is 10.8. The number of benzene rings is 2. The lowest BCUT2D eigenvalue weighted by molar-refractivity contribution is -0.122. The average Bonchev–Trinajstić information content (AvgIpc) is 2.70. The van der Waals surface area contributed by atoms with Crippen LogP contribution >= 0.6 is 0 Å². The van der Waals surface area contributed by atoms with E-state index in [1.807, 2.05) is 48.5 Å². The number of ether oxygens (including phenoxy) is 2. The Morgan fingerprint density at radius 1 is 1.15 bits per heavy atom. The first-order valence-corrected chi connectivity index (χ1v) is 9.08. The van der Waals surface area contributed by atoms with Gasteiger partial charge in [-0.2, -0.15) is 0 Å². The summed E-state index contributed by atoms with van der Waals surface area (Å²) in [4.78, 5) is 24.2. The molecule has 6 nitrogen and oxygen atoms in total. The van der Waals surface area contributed by atoms with E-state index in [1.165, 1.54) is 0 Å². The molecule has 0 fully saturated rings. The summed E-state index contributed by atoms with van der Waals surface area (Å²) in [6.07, 6.45) is 1.51. The van der Waals surface area contributed by atoms with Crippen molar-refractivity contribution in [2.45, 2.75) is 19.3 Å². The van der Waals surface area contributed by atoms with Crippen LogP contribution in [0.4, 0.5) is 5.69 Å². The van der Waals surface area contributed by atoms with Gasteiger partial charge in [-0.1, -0.05) is 30.3 Å². The van der Waals surface area contributed by atoms with Crippen LogP contribution in [0, 0.1) is 5.92 Å². The Hall–Kier alpha value is -3.02. The molecule has 27 heavy (non-hydrogen) atoms. The molecule has 0 aliphatic carbocycles. The predicted molar refractivity (Wildman–Crippen MR) is 103 cm³/mol. The summed E-state index contributed by atoms with van der Waals surface area (Å²) in [5.74, 6) is 1.04. The van der Waals surface area contributed by atoms with Gasteiger partial charge in [0, 0.05) is 18.0 Å². The minimum atomic E-state index is -0.171. The smallest absolute Gasteiger partial charge is 0.227 e. The van der Waals surface area contributed by atoms with Gasteiger partial charge in [0.2, 0.25) is 11.8 Å². The molecule has 0 radical (unpaired) electrons. The summed E-state index contributed by atoms with van der Waals surface area (Å²) in [6.45, 7) is 0.750. The highest BCUT2D eigenvalue weighted by Crippen LogP contribution is 2.27. The Balaban J connectivity index is 1.38. The van der Waals surface area contributed by atoms with Crippen molar-refractivity contribution in [3.63, 3.8) is 0 Å². The van der Waals surface area contributed by atoms with Crippen LogP contribution in [0.3, 0.4) is 0 Å². The zero-order valence-corrected chi connectivity index (χ0v) is 15.4. The molecule has 2 aromatic carbocycles. The number of hydrogen-bond donors (Lipinski definition) is 2. The number of nitrogens with one attached hydrogen (secondary N) is 2. The maximum atomic E-state index is 12.2. The van der Waals surface area contributed by atoms with E-state index in [2.05, 4.69) is 10.6 Å². The number of anilines is 1. The number of hydrogen-bond acceptors (Lipinski definition) is 4. The molecule has 1 aliphatic rings. The van der Waals surface area contributed by atoms with Crippen LogP contribution in [0.1, 0.15) is 18.4 Å². The van der Waals surface area contributed by atoms with E-state index in [1.54, 1.807) is 7.11 Å². The summed E-state index contributed by atoms with van der Waals surface area (Å²) >= 11 is 0. The maximum absolute atomic E-state index is 12.2. The van der Waals surface area contributed by atoms with E-state index in [-0.39, 0.29) is 17.7 Å². The highest BCUT2D eigenvalue weighted by atomic mass is 16.5. The molecule has 0 spiro atoms. The van der Waals surface area contributed by atoms with E-state index in [0.29, 0.717) is 43.9 Å². The molecule has 0 saturated carbocycles. The molecule has 0 bridgehead atoms. The van der Waals surface area contributed by atoms with Gasteiger partial charge in [0.05, 0.1) is 13.7 Å². The number of fused-ring (bicyclic) bond motifs is 1. The minimum Gasteiger partial charge on any atom is -0.493 e. The normalized spacial score (nSPS) is 15.4. The van der Waals surface area contributed by atoms with Crippen molar-refractivity contribution in [1.82, 2.24) is 5.32 Å². The molecule has 6 heteroatoms. The zero-order chi connectivity index (χ0) is 19.1. The first-order valence-electron chi connectivity index (χ1n) is 9.08. The highest BCUT2D eigenvalue weighted by molar-refractivity contribution is 5.96. The van der Waals surface area contributed by atoms with Gasteiger partial charge in [-0.3, -0.25) is 9.59 Å². The van der Waals surface area contributed by atoms with Crippen LogP contribution in [0.25, 0.3) is 0 Å². The van der Waals surface area contributed by atoms with Crippen molar-refractivity contribution in [2.75, 3.05) is 25.6 Å². The van der Waals surface area contributed by atoms with E-state index >= 15 is 0 Å². The molecular formula is C21H24N2O4. The van der Waals surface area contributed by atoms with Gasteiger partial charge in [0.15, 0.2) is 11.5 Å². The lowest BCUT2D eigenvalue weighted by Crippen LogP contribution is -2.32. The number of carbonyl (C=O) groups excluding carboxylic acids is 2. The molecule has 142 valence electrons. The highest BCUT2D eigenvalue weighted by Gasteiger charge is 2.26. The van der Waals surface area contributed by atoms with Crippen molar-refractivity contribution in [3.05, 3.63) is 54.1 Å². The summed E-state index contributed by atoms with van der Waals surface area (Å²) in [5.41, 5.74) is 1.99. The maximum Gasteiger partial charge on any atom is 0.227 e. The monoisotopic (exact) mass is 368 g/mol. The first kappa shape index (κ1) is 18.8. The minimum absolute atomic E-state index is 0.0130. The Labute approximate surface area is 158 Å². The molecule has 1 heterocycles. The third-order valence-electron chi connectivity index (χ3n) is 4.58. The fourth-order valence-corrected chi connectivity index (χ4v) is 3.13. The van der Waals surface area contributed by atoms with Crippen LogP contribution < -0.4 is 20.1 Å². The third-order valence-corrected chi connectivity index (χ3v) is 4.58. The summed E-state index contributed by atoms with van der Waals surface area (Å²) in [6, 6.07) is 15.1. The van der Waals surface area contributed by atoms with E-state index in [0.717, 1.165) is 11.3 Å². The lowest BCUT2D eigenvalue weighted by atomic mass is 9.89. The van der Waals surface area contributed by atoms with Crippen molar-refractivity contribution in [2.24, 2.45) is 5.92 Å². The second-order valence-electron chi connectivity index (χ2n) is 6.44. The first-order chi connectivity index (χ1) is 13.2. The van der Waals surface area contributed by atoms with Crippen molar-refractivity contribution < 1.29 is 19.1 Å². The second kappa shape index (κ2) is 9.07. The number of amides is 2. The molecule has 1 aliphatic heterocycles. The summed E-state index contributed by atoms with van der Waals surface area (Å²) in [7, 11) is 1.59. The molecule has 2 N–H and O–H groups in total. The molecular weight excluding hydrogens is 344 g/mol. The van der Waals surface area contributed by atoms with Crippen LogP contribution in [-0.4, -0.2) is 32.1 Å². The van der Waals surface area contributed by atoms with Gasteiger partial charge in [-0.25, -0.2) is 0 Å². The van der Waals surface area contributed by atoms with Crippen LogP contribution in [0.5, 0.6) is 11.5 Å². The molecule has 1 atom stereocenters. The third kappa shape index (κ3) is 5.00.